The second kappa shape index (κ2) is 10.2. The van der Waals surface area contributed by atoms with Gasteiger partial charge in [0.2, 0.25) is 5.95 Å². The van der Waals surface area contributed by atoms with Gasteiger partial charge in [-0.2, -0.15) is 0 Å². The Morgan fingerprint density at radius 2 is 1.79 bits per heavy atom. The molecular formula is C27H27F2N9. The minimum atomic E-state index is -0.439. The molecule has 0 radical (unpaired) electrons. The Balaban J connectivity index is 1.14. The number of nitrogens with zero attached hydrogens (tertiary/aromatic N) is 9. The van der Waals surface area contributed by atoms with E-state index in [1.807, 2.05) is 12.4 Å². The van der Waals surface area contributed by atoms with E-state index in [-0.39, 0.29) is 24.0 Å². The summed E-state index contributed by atoms with van der Waals surface area (Å²) in [4.78, 5) is 15.7. The molecule has 38 heavy (non-hydrogen) atoms. The fourth-order valence-electron chi connectivity index (χ4n) is 5.15. The first-order chi connectivity index (χ1) is 18.6. The highest BCUT2D eigenvalue weighted by Crippen LogP contribution is 2.30. The summed E-state index contributed by atoms with van der Waals surface area (Å²) in [7, 11) is 0. The molecule has 0 bridgehead atoms. The molecule has 0 aliphatic carbocycles. The summed E-state index contributed by atoms with van der Waals surface area (Å²) in [6.07, 6.45) is 12.5. The van der Waals surface area contributed by atoms with Crippen molar-refractivity contribution in [3.05, 3.63) is 83.8 Å². The van der Waals surface area contributed by atoms with Gasteiger partial charge in [-0.15, -0.1) is 5.10 Å². The number of halogens is 2. The molecule has 1 aliphatic rings. The summed E-state index contributed by atoms with van der Waals surface area (Å²) in [5.74, 6) is 0.147. The molecule has 0 unspecified atom stereocenters. The maximum absolute atomic E-state index is 15.2. The molecular weight excluding hydrogens is 488 g/mol. The Morgan fingerprint density at radius 3 is 2.50 bits per heavy atom. The Bertz CT molecular complexity index is 1540. The molecule has 194 valence electrons. The molecule has 0 saturated carbocycles. The molecule has 11 heteroatoms. The van der Waals surface area contributed by atoms with Crippen molar-refractivity contribution >= 4 is 16.9 Å². The highest BCUT2D eigenvalue weighted by Gasteiger charge is 2.23. The predicted molar refractivity (Wildman–Crippen MR) is 138 cm³/mol. The van der Waals surface area contributed by atoms with Crippen LogP contribution in [0.2, 0.25) is 0 Å². The average Bonchev–Trinajstić information content (AvgIpc) is 3.62. The van der Waals surface area contributed by atoms with Gasteiger partial charge in [-0.1, -0.05) is 13.3 Å². The molecule has 1 saturated heterocycles. The maximum Gasteiger partial charge on any atom is 0.225 e. The molecule has 5 aromatic rings. The molecule has 0 spiro atoms. The van der Waals surface area contributed by atoms with Crippen LogP contribution >= 0.6 is 0 Å². The van der Waals surface area contributed by atoms with Crippen molar-refractivity contribution in [2.45, 2.75) is 45.1 Å². The van der Waals surface area contributed by atoms with Crippen molar-refractivity contribution in [1.29, 1.82) is 0 Å². The van der Waals surface area contributed by atoms with Crippen LogP contribution in [0, 0.1) is 11.6 Å². The van der Waals surface area contributed by atoms with E-state index in [4.69, 9.17) is 0 Å². The molecule has 0 N–H and O–H groups in total. The Hall–Kier alpha value is -4.28. The molecule has 4 aromatic heterocycles. The number of pyridine rings is 1. The number of hydrogen-bond acceptors (Lipinski definition) is 7. The standard InChI is InChI=1S/C27H27F2N9/c1-2-3-18-13-31-27(32-14-18)36-7-4-19(5-8-36)21-11-23(28)25(30-15-21)16-37-9-6-20-10-22(12-24(29)26(20)37)38-17-33-34-35-38/h6,9-15,17,19H,2-5,7-8,16H2,1H3. The fourth-order valence-corrected chi connectivity index (χ4v) is 5.15. The lowest BCUT2D eigenvalue weighted by atomic mass is 9.90. The molecule has 6 rings (SSSR count). The molecule has 0 atom stereocenters. The highest BCUT2D eigenvalue weighted by atomic mass is 19.1. The quantitative estimate of drug-likeness (QED) is 0.316. The number of anilines is 1. The van der Waals surface area contributed by atoms with Crippen LogP contribution in [0.1, 0.15) is 48.9 Å². The zero-order valence-electron chi connectivity index (χ0n) is 21.0. The zero-order chi connectivity index (χ0) is 26.1. The lowest BCUT2D eigenvalue weighted by Crippen LogP contribution is -2.34. The summed E-state index contributed by atoms with van der Waals surface area (Å²) >= 11 is 0. The third kappa shape index (κ3) is 4.71. The molecule has 0 amide bonds. The minimum Gasteiger partial charge on any atom is -0.341 e. The summed E-state index contributed by atoms with van der Waals surface area (Å²) in [6, 6.07) is 6.51. The SMILES string of the molecule is CCCc1cnc(N2CCC(c3cnc(Cn4ccc5cc(-n6cnnn6)cc(F)c54)c(F)c3)CC2)nc1. The zero-order valence-corrected chi connectivity index (χ0v) is 21.0. The van der Waals surface area contributed by atoms with Crippen LogP contribution in [0.15, 0.2) is 55.4 Å². The highest BCUT2D eigenvalue weighted by molar-refractivity contribution is 5.83. The van der Waals surface area contributed by atoms with Crippen LogP contribution in [0.25, 0.3) is 16.6 Å². The van der Waals surface area contributed by atoms with Gasteiger partial charge in [-0.05, 0) is 64.9 Å². The van der Waals surface area contributed by atoms with Crippen molar-refractivity contribution in [2.75, 3.05) is 18.0 Å². The van der Waals surface area contributed by atoms with Gasteiger partial charge < -0.3 is 9.47 Å². The smallest absolute Gasteiger partial charge is 0.225 e. The summed E-state index contributed by atoms with van der Waals surface area (Å²) in [5.41, 5.74) is 3.20. The van der Waals surface area contributed by atoms with E-state index in [1.165, 1.54) is 17.1 Å². The lowest BCUT2D eigenvalue weighted by Gasteiger charge is -2.32. The van der Waals surface area contributed by atoms with Crippen LogP contribution in [-0.2, 0) is 13.0 Å². The molecule has 1 aliphatic heterocycles. The largest absolute Gasteiger partial charge is 0.341 e. The summed E-state index contributed by atoms with van der Waals surface area (Å²) < 4.78 is 33.2. The monoisotopic (exact) mass is 515 g/mol. The topological polar surface area (TPSA) is 90.4 Å². The fraction of sp³-hybridized carbons (Fsp3) is 0.333. The van der Waals surface area contributed by atoms with Gasteiger partial charge in [-0.25, -0.2) is 23.4 Å². The van der Waals surface area contributed by atoms with Crippen LogP contribution in [0.5, 0.6) is 0 Å². The van der Waals surface area contributed by atoms with Gasteiger partial charge in [0.1, 0.15) is 18.0 Å². The first-order valence-corrected chi connectivity index (χ1v) is 12.8. The Labute approximate surface area is 218 Å². The van der Waals surface area contributed by atoms with Crippen LogP contribution in [0.3, 0.4) is 0 Å². The van der Waals surface area contributed by atoms with Crippen molar-refractivity contribution < 1.29 is 8.78 Å². The first kappa shape index (κ1) is 24.1. The van der Waals surface area contributed by atoms with Gasteiger partial charge in [0.25, 0.3) is 0 Å². The van der Waals surface area contributed by atoms with Gasteiger partial charge in [-0.3, -0.25) is 4.98 Å². The van der Waals surface area contributed by atoms with Gasteiger partial charge in [0.15, 0.2) is 0 Å². The van der Waals surface area contributed by atoms with Crippen LogP contribution < -0.4 is 4.90 Å². The van der Waals surface area contributed by atoms with Gasteiger partial charge in [0.05, 0.1) is 23.4 Å². The van der Waals surface area contributed by atoms with E-state index in [2.05, 4.69) is 42.3 Å². The van der Waals surface area contributed by atoms with Crippen LogP contribution in [-0.4, -0.2) is 52.8 Å². The van der Waals surface area contributed by atoms with Crippen molar-refractivity contribution in [3.63, 3.8) is 0 Å². The van der Waals surface area contributed by atoms with E-state index in [0.717, 1.165) is 55.8 Å². The number of piperidine rings is 1. The van der Waals surface area contributed by atoms with Crippen molar-refractivity contribution in [1.82, 2.24) is 39.7 Å². The lowest BCUT2D eigenvalue weighted by molar-refractivity contribution is 0.492. The second-order valence-electron chi connectivity index (χ2n) is 9.66. The van der Waals surface area contributed by atoms with Gasteiger partial charge >= 0.3 is 0 Å². The van der Waals surface area contributed by atoms with E-state index < -0.39 is 5.82 Å². The number of aryl methyl sites for hydroxylation is 1. The average molecular weight is 516 g/mol. The molecule has 9 nitrogen and oxygen atoms in total. The second-order valence-corrected chi connectivity index (χ2v) is 9.66. The maximum atomic E-state index is 15.2. The number of benzene rings is 1. The van der Waals surface area contributed by atoms with Crippen molar-refractivity contribution in [2.24, 2.45) is 0 Å². The number of tetrazole rings is 1. The molecule has 1 aromatic carbocycles. The predicted octanol–water partition coefficient (Wildman–Crippen LogP) is 4.47. The van der Waals surface area contributed by atoms with E-state index in [0.29, 0.717) is 16.6 Å². The van der Waals surface area contributed by atoms with E-state index in [9.17, 15) is 0 Å². The number of aromatic nitrogens is 8. The molecule has 5 heterocycles. The van der Waals surface area contributed by atoms with E-state index in [1.54, 1.807) is 35.2 Å². The third-order valence-corrected chi connectivity index (χ3v) is 7.15. The van der Waals surface area contributed by atoms with E-state index >= 15 is 8.78 Å². The third-order valence-electron chi connectivity index (χ3n) is 7.15. The number of hydrogen-bond donors (Lipinski definition) is 0. The van der Waals surface area contributed by atoms with Crippen LogP contribution in [0.4, 0.5) is 14.7 Å². The molecule has 1 fully saturated rings. The Kier molecular flexibility index (Phi) is 6.48. The minimum absolute atomic E-state index is 0.126. The number of fused-ring (bicyclic) bond motifs is 1. The first-order valence-electron chi connectivity index (χ1n) is 12.8. The summed E-state index contributed by atoms with van der Waals surface area (Å²) in [6.45, 7) is 3.88. The normalized spacial score (nSPS) is 14.4. The number of rotatable bonds is 7. The Morgan fingerprint density at radius 1 is 0.974 bits per heavy atom. The summed E-state index contributed by atoms with van der Waals surface area (Å²) in [5, 5.41) is 11.7. The van der Waals surface area contributed by atoms with Crippen molar-refractivity contribution in [3.8, 4) is 5.69 Å². The van der Waals surface area contributed by atoms with Gasteiger partial charge in [0, 0.05) is 49.3 Å².